The molecule has 56 valence electrons. The second-order valence-corrected chi connectivity index (χ2v) is 0.447. The van der Waals surface area contributed by atoms with E-state index in [0.29, 0.717) is 0 Å². The first kappa shape index (κ1) is 29.7. The van der Waals surface area contributed by atoms with Crippen LogP contribution in [0.15, 0.2) is 0 Å². The molecule has 11 heteroatoms. The molecule has 11 heavy (non-hydrogen) atoms. The predicted molar refractivity (Wildman–Crippen MR) is 37.3 cm³/mol. The van der Waals surface area contributed by atoms with Crippen LogP contribution in [0.1, 0.15) is 0 Å². The molecule has 0 aliphatic heterocycles. The minimum atomic E-state index is -1.75. The van der Waals surface area contributed by atoms with Crippen molar-refractivity contribution in [3.05, 3.63) is 30.6 Å². The topological polar surface area (TPSA) is 167 Å². The average Bonchev–Trinajstić information content (AvgIpc) is 1.25. The van der Waals surface area contributed by atoms with Crippen LogP contribution in [0.25, 0.3) is 0 Å². The first-order valence-corrected chi connectivity index (χ1v) is 1.10. The summed E-state index contributed by atoms with van der Waals surface area (Å²) < 4.78 is 0. The monoisotopic (exact) mass is 221 g/mol. The van der Waals surface area contributed by atoms with Crippen LogP contribution in [0.4, 0.5) is 0 Å². The summed E-state index contributed by atoms with van der Waals surface area (Å²) in [7, 11) is 0. The van der Waals surface area contributed by atoms with E-state index in [1.165, 1.54) is 0 Å². The summed E-state index contributed by atoms with van der Waals surface area (Å²) in [5, 5.41) is 29.5. The van der Waals surface area contributed by atoms with Crippen LogP contribution in [0, 0.1) is 30.6 Å². The molecule has 0 radical (unpaired) electrons. The molecule has 0 aromatic rings. The minimum Gasteiger partial charge on any atom is -0.356 e. The van der Waals surface area contributed by atoms with Crippen molar-refractivity contribution in [1.82, 2.24) is 6.15 Å². The van der Waals surface area contributed by atoms with Crippen molar-refractivity contribution in [2.24, 2.45) is 0 Å². The Labute approximate surface area is 121 Å². The van der Waals surface area contributed by atoms with E-state index in [0.717, 1.165) is 0 Å². The van der Waals surface area contributed by atoms with Gasteiger partial charge in [-0.25, -0.2) is 0 Å². The van der Waals surface area contributed by atoms with Crippen LogP contribution >= 0.6 is 0 Å². The van der Waals surface area contributed by atoms with Crippen LogP contribution in [-0.2, 0) is 0 Å². The predicted octanol–water partition coefficient (Wildman–Crippen LogP) is -1.08. The van der Waals surface area contributed by atoms with E-state index in [1.807, 2.05) is 0 Å². The summed E-state index contributed by atoms with van der Waals surface area (Å²) in [6.45, 7) is 0. The first-order valence-electron chi connectivity index (χ1n) is 1.10. The Morgan fingerprint density at radius 3 is 0.727 bits per heavy atom. The fourth-order valence-corrected chi connectivity index (χ4v) is 0. The molecule has 0 saturated carbocycles. The third-order valence-corrected chi connectivity index (χ3v) is 0. The maximum atomic E-state index is 8.25. The summed E-state index contributed by atoms with van der Waals surface area (Å²) in [5.41, 5.74) is 0. The number of nitrogens with zero attached hydrogens (tertiary/aromatic N) is 2. The molecule has 0 atom stereocenters. The van der Waals surface area contributed by atoms with E-state index in [-0.39, 0.29) is 81.6 Å². The summed E-state index contributed by atoms with van der Waals surface area (Å²) >= 11 is 0. The van der Waals surface area contributed by atoms with Gasteiger partial charge in [-0.2, -0.15) is 0 Å². The molecule has 0 amide bonds. The standard InChI is InChI=1S/2Ca.2NO3.H3N/c;;2*2-1(3)4;/h;;;;1H3/q2*+2;2*-1;. The Hall–Kier alpha value is 0.879. The number of hydrogen-bond donors (Lipinski definition) is 1. The van der Waals surface area contributed by atoms with Crippen molar-refractivity contribution < 1.29 is 10.2 Å². The molecule has 0 unspecified atom stereocenters. The number of hydrogen-bond acceptors (Lipinski definition) is 7. The largest absolute Gasteiger partial charge is 2.00 e. The van der Waals surface area contributed by atoms with Crippen molar-refractivity contribution in [3.63, 3.8) is 0 Å². The van der Waals surface area contributed by atoms with Crippen LogP contribution < -0.4 is 6.15 Å². The van der Waals surface area contributed by atoms with Crippen LogP contribution in [-0.4, -0.2) is 85.6 Å². The van der Waals surface area contributed by atoms with Gasteiger partial charge >= 0.3 is 75.5 Å². The zero-order valence-corrected chi connectivity index (χ0v) is 9.88. The molecular formula is H3Ca2N3O6+2. The van der Waals surface area contributed by atoms with E-state index >= 15 is 0 Å². The molecule has 0 aliphatic rings. The Morgan fingerprint density at radius 2 is 0.727 bits per heavy atom. The quantitative estimate of drug-likeness (QED) is 0.308. The summed E-state index contributed by atoms with van der Waals surface area (Å²) in [6.07, 6.45) is 0. The summed E-state index contributed by atoms with van der Waals surface area (Å²) in [4.78, 5) is 16.5. The summed E-state index contributed by atoms with van der Waals surface area (Å²) in [5.74, 6) is 0. The molecule has 0 saturated heterocycles. The Bertz CT molecular complexity index is 73.8. The van der Waals surface area contributed by atoms with Gasteiger partial charge in [-0.15, -0.1) is 0 Å². The molecule has 0 spiro atoms. The van der Waals surface area contributed by atoms with E-state index in [2.05, 4.69) is 0 Å². The third-order valence-electron chi connectivity index (χ3n) is 0. The molecule has 0 fully saturated rings. The smallest absolute Gasteiger partial charge is 0.356 e. The Balaban J connectivity index is -0.0000000171. The van der Waals surface area contributed by atoms with Crippen LogP contribution in [0.3, 0.4) is 0 Å². The van der Waals surface area contributed by atoms with E-state index in [9.17, 15) is 0 Å². The Morgan fingerprint density at radius 1 is 0.727 bits per heavy atom. The molecule has 0 bridgehead atoms. The third kappa shape index (κ3) is 1110. The average molecular weight is 221 g/mol. The van der Waals surface area contributed by atoms with Gasteiger partial charge in [-0.3, -0.25) is 0 Å². The van der Waals surface area contributed by atoms with Crippen LogP contribution in [0.2, 0.25) is 0 Å². The van der Waals surface area contributed by atoms with Crippen molar-refractivity contribution >= 4 is 75.5 Å². The summed E-state index contributed by atoms with van der Waals surface area (Å²) in [6, 6.07) is 0. The van der Waals surface area contributed by atoms with Gasteiger partial charge in [0.2, 0.25) is 0 Å². The maximum absolute atomic E-state index is 8.25. The van der Waals surface area contributed by atoms with Crippen LogP contribution in [0.5, 0.6) is 0 Å². The van der Waals surface area contributed by atoms with Gasteiger partial charge in [0.15, 0.2) is 0 Å². The molecule has 0 aromatic heterocycles. The molecule has 9 nitrogen and oxygen atoms in total. The molecule has 0 rings (SSSR count). The second-order valence-electron chi connectivity index (χ2n) is 0.447. The first-order chi connectivity index (χ1) is 3.46. The zero-order chi connectivity index (χ0) is 7.15. The van der Waals surface area contributed by atoms with Gasteiger partial charge in [-0.1, -0.05) is 0 Å². The van der Waals surface area contributed by atoms with Gasteiger partial charge < -0.3 is 36.8 Å². The maximum Gasteiger partial charge on any atom is 2.00 e. The van der Waals surface area contributed by atoms with E-state index in [4.69, 9.17) is 30.6 Å². The van der Waals surface area contributed by atoms with Gasteiger partial charge in [0, 0.05) is 0 Å². The van der Waals surface area contributed by atoms with Gasteiger partial charge in [0.25, 0.3) is 0 Å². The second kappa shape index (κ2) is 22.4. The minimum absolute atomic E-state index is 0. The zero-order valence-electron chi connectivity index (χ0n) is 5.47. The fourth-order valence-electron chi connectivity index (χ4n) is 0. The van der Waals surface area contributed by atoms with E-state index < -0.39 is 10.2 Å². The molecular weight excluding hydrogens is 218 g/mol. The normalized spacial score (nSPS) is 4.36. The number of rotatable bonds is 0. The van der Waals surface area contributed by atoms with Gasteiger partial charge in [-0.05, 0) is 0 Å². The molecule has 0 aromatic carbocycles. The van der Waals surface area contributed by atoms with Crippen molar-refractivity contribution in [2.75, 3.05) is 0 Å². The van der Waals surface area contributed by atoms with Gasteiger partial charge in [0.05, 0.1) is 10.2 Å². The SMILES string of the molecule is N.O=[N+]([O-])[O-].O=[N+]([O-])[O-].[Ca+2].[Ca+2]. The van der Waals surface area contributed by atoms with Crippen molar-refractivity contribution in [2.45, 2.75) is 0 Å². The van der Waals surface area contributed by atoms with Crippen molar-refractivity contribution in [3.8, 4) is 0 Å². The van der Waals surface area contributed by atoms with E-state index in [1.54, 1.807) is 0 Å². The van der Waals surface area contributed by atoms with Gasteiger partial charge in [0.1, 0.15) is 0 Å². The molecule has 0 aliphatic carbocycles. The molecule has 0 heterocycles. The Kier molecular flexibility index (Phi) is 60.6. The van der Waals surface area contributed by atoms with Crippen molar-refractivity contribution in [1.29, 1.82) is 0 Å². The molecule has 3 N–H and O–H groups in total. The fraction of sp³-hybridized carbons (Fsp3) is 0.